The summed E-state index contributed by atoms with van der Waals surface area (Å²) in [5, 5.41) is 19.6. The van der Waals surface area contributed by atoms with E-state index in [0.717, 1.165) is 6.07 Å². The van der Waals surface area contributed by atoms with Crippen LogP contribution in [0.3, 0.4) is 0 Å². The van der Waals surface area contributed by atoms with Gasteiger partial charge in [-0.05, 0) is 24.3 Å². The number of phosphoric acid groups is 1. The van der Waals surface area contributed by atoms with E-state index in [9.17, 15) is 24.5 Å². The van der Waals surface area contributed by atoms with Crippen molar-refractivity contribution in [2.24, 2.45) is 0 Å². The van der Waals surface area contributed by atoms with E-state index >= 15 is 0 Å². The fourth-order valence-corrected chi connectivity index (χ4v) is 2.79. The molecule has 2 aromatic carbocycles. The number of hydrogen-bond acceptors (Lipinski definition) is 8. The minimum Gasteiger partial charge on any atom is -0.746 e. The molecule has 0 radical (unpaired) electrons. The molecule has 9 nitrogen and oxygen atoms in total. The Hall–Kier alpha value is -2.00. The van der Waals surface area contributed by atoms with Gasteiger partial charge in [0.05, 0.1) is 12.5 Å². The average Bonchev–Trinajstić information content (AvgIpc) is 2.58. The molecule has 0 aliphatic rings. The number of phosphoric ester groups is 1. The van der Waals surface area contributed by atoms with Crippen molar-refractivity contribution >= 4 is 18.8 Å². The summed E-state index contributed by atoms with van der Waals surface area (Å²) < 4.78 is 26.1. The smallest absolute Gasteiger partial charge is 0.746 e. The number of methoxy groups -OCH3 is 1. The monoisotopic (exact) mass is 402 g/mol. The maximum Gasteiger partial charge on any atom is 1.00 e. The van der Waals surface area contributed by atoms with Crippen LogP contribution < -0.4 is 49.1 Å². The fraction of sp³-hybridized carbons (Fsp3) is 0.0625. The summed E-state index contributed by atoms with van der Waals surface area (Å²) in [4.78, 5) is 32.8. The zero-order valence-corrected chi connectivity index (χ0v) is 17.1. The first-order valence-electron chi connectivity index (χ1n) is 7.11. The van der Waals surface area contributed by atoms with Gasteiger partial charge in [-0.15, -0.1) is 0 Å². The first-order chi connectivity index (χ1) is 12.2. The van der Waals surface area contributed by atoms with Crippen LogP contribution >= 0.6 is 7.82 Å². The van der Waals surface area contributed by atoms with Crippen LogP contribution in [0.4, 0.5) is 0 Å². The summed E-state index contributed by atoms with van der Waals surface area (Å²) in [5.74, 6) is -2.49. The van der Waals surface area contributed by atoms with Crippen molar-refractivity contribution < 1.29 is 67.8 Å². The van der Waals surface area contributed by atoms with E-state index in [1.807, 2.05) is 0 Å². The largest absolute Gasteiger partial charge is 1.00 e. The van der Waals surface area contributed by atoms with Crippen LogP contribution in [0.1, 0.15) is 0 Å². The van der Waals surface area contributed by atoms with Crippen molar-refractivity contribution in [3.05, 3.63) is 46.6 Å². The third-order valence-corrected chi connectivity index (χ3v) is 3.91. The molecule has 136 valence electrons. The molecule has 0 saturated carbocycles. The van der Waals surface area contributed by atoms with E-state index in [2.05, 4.69) is 4.52 Å². The predicted octanol–water partition coefficient (Wildman–Crippen LogP) is -1.28. The molecule has 0 fully saturated rings. The van der Waals surface area contributed by atoms with Gasteiger partial charge in [-0.1, -0.05) is 12.1 Å². The minimum absolute atomic E-state index is 0. The SMILES string of the molecule is COc1cc(-c2oc3ccccc3c(=O)c2OP(=O)([O-])O)cc(O)c1O.[Na+]. The van der Waals surface area contributed by atoms with Gasteiger partial charge >= 0.3 is 37.4 Å². The summed E-state index contributed by atoms with van der Waals surface area (Å²) >= 11 is 0. The van der Waals surface area contributed by atoms with Crippen LogP contribution in [0.25, 0.3) is 22.3 Å². The van der Waals surface area contributed by atoms with Gasteiger partial charge in [-0.2, -0.15) is 0 Å². The van der Waals surface area contributed by atoms with Crippen molar-refractivity contribution in [2.45, 2.75) is 0 Å². The molecule has 3 rings (SSSR count). The Morgan fingerprint density at radius 3 is 2.48 bits per heavy atom. The van der Waals surface area contributed by atoms with Crippen LogP contribution in [0, 0.1) is 0 Å². The van der Waals surface area contributed by atoms with Gasteiger partial charge in [0.2, 0.25) is 16.9 Å². The van der Waals surface area contributed by atoms with Gasteiger partial charge in [-0.3, -0.25) is 9.36 Å². The standard InChI is InChI=1S/C16H13O9P.Na/c1-23-12-7-8(6-10(17)14(12)19)15-16(25-26(20,21)22)13(18)9-4-2-3-5-11(9)24-15;/h2-7,17,19H,1H3,(H2,20,21,22);/q;+1/p-1. The molecule has 1 unspecified atom stereocenters. The number of fused-ring (bicyclic) bond motifs is 1. The number of benzene rings is 2. The van der Waals surface area contributed by atoms with Crippen molar-refractivity contribution in [3.8, 4) is 34.3 Å². The summed E-state index contributed by atoms with van der Waals surface area (Å²) in [7, 11) is -4.11. The predicted molar refractivity (Wildman–Crippen MR) is 88.3 cm³/mol. The van der Waals surface area contributed by atoms with Crippen molar-refractivity contribution in [1.29, 1.82) is 0 Å². The third kappa shape index (κ3) is 4.30. The molecule has 0 bridgehead atoms. The van der Waals surface area contributed by atoms with E-state index in [-0.39, 0.29) is 57.6 Å². The minimum atomic E-state index is -5.33. The molecule has 1 atom stereocenters. The van der Waals surface area contributed by atoms with E-state index in [1.54, 1.807) is 6.07 Å². The van der Waals surface area contributed by atoms with Gasteiger partial charge in [0.25, 0.3) is 0 Å². The Balaban J connectivity index is 0.00000261. The van der Waals surface area contributed by atoms with E-state index in [0.29, 0.717) is 0 Å². The molecule has 0 aliphatic heterocycles. The molecule has 3 N–H and O–H groups in total. The molecular weight excluding hydrogens is 390 g/mol. The second-order valence-electron chi connectivity index (χ2n) is 5.19. The van der Waals surface area contributed by atoms with Gasteiger partial charge in [0, 0.05) is 5.56 Å². The number of phenolic OH excluding ortho intramolecular Hbond substituents is 2. The van der Waals surface area contributed by atoms with Crippen LogP contribution in [0.15, 0.2) is 45.6 Å². The molecule has 3 aromatic rings. The summed E-state index contributed by atoms with van der Waals surface area (Å²) in [5.41, 5.74) is -0.757. The first kappa shape index (κ1) is 21.3. The number of hydrogen-bond donors (Lipinski definition) is 3. The zero-order valence-electron chi connectivity index (χ0n) is 14.2. The molecule has 1 heterocycles. The van der Waals surface area contributed by atoms with Gasteiger partial charge in [0.15, 0.2) is 17.3 Å². The number of para-hydroxylation sites is 1. The van der Waals surface area contributed by atoms with Crippen molar-refractivity contribution in [2.75, 3.05) is 7.11 Å². The molecular formula is C16H12NaO9P. The Kier molecular flexibility index (Phi) is 6.26. The second kappa shape index (κ2) is 7.93. The third-order valence-electron chi connectivity index (χ3n) is 3.50. The first-order valence-corrected chi connectivity index (χ1v) is 8.60. The molecule has 0 saturated heterocycles. The molecule has 11 heteroatoms. The summed E-state index contributed by atoms with van der Waals surface area (Å²) in [6.45, 7) is 0. The Morgan fingerprint density at radius 2 is 1.85 bits per heavy atom. The van der Waals surface area contributed by atoms with Crippen molar-refractivity contribution in [1.82, 2.24) is 0 Å². The zero-order chi connectivity index (χ0) is 19.1. The molecule has 0 aliphatic carbocycles. The molecule has 1 aromatic heterocycles. The van der Waals surface area contributed by atoms with Crippen molar-refractivity contribution in [3.63, 3.8) is 0 Å². The van der Waals surface area contributed by atoms with Crippen LogP contribution in [-0.2, 0) is 4.57 Å². The number of ether oxygens (including phenoxy) is 1. The van der Waals surface area contributed by atoms with Crippen LogP contribution in [0.5, 0.6) is 23.0 Å². The van der Waals surface area contributed by atoms with Gasteiger partial charge in [0.1, 0.15) is 5.58 Å². The summed E-state index contributed by atoms with van der Waals surface area (Å²) in [6.07, 6.45) is 0. The van der Waals surface area contributed by atoms with Crippen LogP contribution in [0.2, 0.25) is 0 Å². The summed E-state index contributed by atoms with van der Waals surface area (Å²) in [6, 6.07) is 8.20. The van der Waals surface area contributed by atoms with Gasteiger partial charge in [-0.25, -0.2) is 0 Å². The van der Waals surface area contributed by atoms with Gasteiger partial charge < -0.3 is 33.7 Å². The Morgan fingerprint density at radius 1 is 1.19 bits per heavy atom. The second-order valence-corrected chi connectivity index (χ2v) is 6.31. The van der Waals surface area contributed by atoms with E-state index in [4.69, 9.17) is 14.0 Å². The molecule has 0 amide bonds. The molecule has 27 heavy (non-hydrogen) atoms. The maximum atomic E-state index is 12.6. The topological polar surface area (TPSA) is 149 Å². The van der Waals surface area contributed by atoms with E-state index in [1.165, 1.54) is 31.4 Å². The Labute approximate surface area is 174 Å². The number of rotatable bonds is 4. The maximum absolute atomic E-state index is 12.6. The number of aromatic hydroxyl groups is 2. The normalized spacial score (nSPS) is 12.9. The average molecular weight is 402 g/mol. The Bertz CT molecular complexity index is 1100. The fourth-order valence-electron chi connectivity index (χ4n) is 2.39. The van der Waals surface area contributed by atoms with E-state index < -0.39 is 30.5 Å². The quantitative estimate of drug-likeness (QED) is 0.276. The molecule has 0 spiro atoms. The number of phenols is 2. The van der Waals surface area contributed by atoms with Crippen LogP contribution in [-0.4, -0.2) is 22.2 Å².